The normalized spacial score (nSPS) is 14.9. The summed E-state index contributed by atoms with van der Waals surface area (Å²) in [5.41, 5.74) is 21.3. The van der Waals surface area contributed by atoms with Crippen LogP contribution in [0.2, 0.25) is 0 Å². The number of rotatable bonds is 1. The molecule has 3 aliphatic rings. The second-order valence-electron chi connectivity index (χ2n) is 21.3. The third-order valence-corrected chi connectivity index (χ3v) is 16.4. The molecule has 14 rings (SSSR count). The molecule has 0 radical (unpaired) electrons. The lowest BCUT2D eigenvalue weighted by atomic mass is 9.43. The van der Waals surface area contributed by atoms with E-state index in [1.165, 1.54) is 114 Å². The molecule has 3 aromatic heterocycles. The Morgan fingerprint density at radius 1 is 0.562 bits per heavy atom. The molecule has 0 fully saturated rings. The lowest BCUT2D eigenvalue weighted by Crippen LogP contribution is -2.60. The molecule has 1 aliphatic carbocycles. The molecular formula is C59H47BN2OS. The third kappa shape index (κ3) is 4.58. The number of benzene rings is 8. The lowest BCUT2D eigenvalue weighted by Gasteiger charge is -2.43. The molecule has 0 amide bonds. The first-order chi connectivity index (χ1) is 30.8. The molecule has 0 spiro atoms. The molecule has 64 heavy (non-hydrogen) atoms. The molecule has 8 aromatic carbocycles. The minimum absolute atomic E-state index is 0.0201. The molecule has 11 aromatic rings. The lowest BCUT2D eigenvalue weighted by molar-refractivity contribution is 0.590. The summed E-state index contributed by atoms with van der Waals surface area (Å²) in [6.07, 6.45) is 0. The van der Waals surface area contributed by atoms with Gasteiger partial charge in [0.2, 0.25) is 0 Å². The summed E-state index contributed by atoms with van der Waals surface area (Å²) in [5, 5.41) is 7.66. The van der Waals surface area contributed by atoms with E-state index in [-0.39, 0.29) is 23.1 Å². The van der Waals surface area contributed by atoms with Gasteiger partial charge in [0.1, 0.15) is 11.2 Å². The molecule has 0 saturated heterocycles. The van der Waals surface area contributed by atoms with Gasteiger partial charge >= 0.3 is 6.85 Å². The van der Waals surface area contributed by atoms with Crippen LogP contribution in [0.15, 0.2) is 144 Å². The van der Waals surface area contributed by atoms with E-state index in [9.17, 15) is 0 Å². The van der Waals surface area contributed by atoms with Crippen LogP contribution in [0.5, 0.6) is 0 Å². The number of nitrogens with zero attached hydrogens (tertiary/aromatic N) is 2. The number of aromatic nitrogens is 1. The minimum atomic E-state index is -0.259. The number of para-hydroxylation sites is 1. The number of fused-ring (bicyclic) bond motifs is 19. The number of hydrogen-bond donors (Lipinski definition) is 0. The second kappa shape index (κ2) is 12.0. The fourth-order valence-corrected chi connectivity index (χ4v) is 13.3. The number of furan rings is 1. The zero-order valence-electron chi connectivity index (χ0n) is 37.6. The zero-order valence-corrected chi connectivity index (χ0v) is 38.4. The first-order valence-electron chi connectivity index (χ1n) is 22.9. The summed E-state index contributed by atoms with van der Waals surface area (Å²) in [6, 6.07) is 53.5. The molecule has 5 heteroatoms. The van der Waals surface area contributed by atoms with Crippen molar-refractivity contribution in [3.05, 3.63) is 162 Å². The SMILES string of the molecule is CC(C)(C)c1ccc(N2B3c4cc5sc6ccccc6c5cc4-n4c5ccc(C(C)(C)C)cc5c5c6c(c(c3c54)-c3cc4oc5ccccc5c4cc32)-c2ccccc2C6(C)C)cc1. The van der Waals surface area contributed by atoms with Crippen molar-refractivity contribution in [3.8, 4) is 27.9 Å². The topological polar surface area (TPSA) is 21.3 Å². The quantitative estimate of drug-likeness (QED) is 0.154. The van der Waals surface area contributed by atoms with Gasteiger partial charge in [-0.1, -0.05) is 134 Å². The minimum Gasteiger partial charge on any atom is -0.456 e. The maximum absolute atomic E-state index is 6.81. The average Bonchev–Trinajstić information content (AvgIpc) is 4.00. The van der Waals surface area contributed by atoms with Crippen molar-refractivity contribution in [1.29, 1.82) is 0 Å². The average molecular weight is 843 g/mol. The maximum atomic E-state index is 6.81. The molecule has 308 valence electrons. The Labute approximate surface area is 377 Å². The standard InChI is InChI=1S/C59H47BN2OS/c1-57(2,3)32-21-24-34(25-22-32)62-45-28-38-35-15-10-13-19-47(35)63-48(38)30-41(45)52-51-37-17-9-12-18-42(37)59(7,8)54(51)53-40-27-33(58(4,5)6)23-26-44(40)61-46-29-39-36-16-11-14-20-49(36)64-50(39)31-43(46)60(62)55(52)56(53)61/h9-31H,1-8H3. The van der Waals surface area contributed by atoms with Crippen LogP contribution in [0, 0.1) is 0 Å². The second-order valence-corrected chi connectivity index (χ2v) is 22.4. The summed E-state index contributed by atoms with van der Waals surface area (Å²) in [5.74, 6) is 0. The number of thiophene rings is 1. The highest BCUT2D eigenvalue weighted by molar-refractivity contribution is 7.26. The molecule has 0 atom stereocenters. The van der Waals surface area contributed by atoms with Gasteiger partial charge in [0.05, 0.1) is 11.0 Å². The predicted octanol–water partition coefficient (Wildman–Crippen LogP) is 15.2. The molecular weight excluding hydrogens is 796 g/mol. The van der Waals surface area contributed by atoms with Gasteiger partial charge in [-0.2, -0.15) is 0 Å². The number of hydrogen-bond acceptors (Lipinski definition) is 3. The monoisotopic (exact) mass is 842 g/mol. The van der Waals surface area contributed by atoms with Gasteiger partial charge in [0.25, 0.3) is 0 Å². The van der Waals surface area contributed by atoms with Crippen LogP contribution in [0.3, 0.4) is 0 Å². The molecule has 0 saturated carbocycles. The fourth-order valence-electron chi connectivity index (χ4n) is 12.2. The van der Waals surface area contributed by atoms with Crippen molar-refractivity contribution in [2.45, 2.75) is 71.6 Å². The van der Waals surface area contributed by atoms with E-state index in [4.69, 9.17) is 4.42 Å². The summed E-state index contributed by atoms with van der Waals surface area (Å²) < 4.78 is 12.1. The smallest absolute Gasteiger partial charge is 0.333 e. The van der Waals surface area contributed by atoms with Crippen molar-refractivity contribution in [2.24, 2.45) is 0 Å². The van der Waals surface area contributed by atoms with Crippen LogP contribution < -0.4 is 15.7 Å². The molecule has 0 bridgehead atoms. The van der Waals surface area contributed by atoms with Gasteiger partial charge in [-0.05, 0) is 121 Å². The predicted molar refractivity (Wildman–Crippen MR) is 275 cm³/mol. The highest BCUT2D eigenvalue weighted by atomic mass is 32.1. The summed E-state index contributed by atoms with van der Waals surface area (Å²) in [6.45, 7) is 18.8. The Kier molecular flexibility index (Phi) is 6.89. The van der Waals surface area contributed by atoms with Crippen molar-refractivity contribution >= 4 is 104 Å². The van der Waals surface area contributed by atoms with E-state index >= 15 is 0 Å². The van der Waals surface area contributed by atoms with Crippen LogP contribution >= 0.6 is 11.3 Å². The van der Waals surface area contributed by atoms with Crippen molar-refractivity contribution in [3.63, 3.8) is 0 Å². The van der Waals surface area contributed by atoms with Crippen LogP contribution in [-0.2, 0) is 16.2 Å². The Hall–Kier alpha value is -6.56. The van der Waals surface area contributed by atoms with Gasteiger partial charge < -0.3 is 13.8 Å². The Morgan fingerprint density at radius 2 is 1.27 bits per heavy atom. The Morgan fingerprint density at radius 3 is 2.06 bits per heavy atom. The highest BCUT2D eigenvalue weighted by Gasteiger charge is 2.50. The summed E-state index contributed by atoms with van der Waals surface area (Å²) >= 11 is 1.92. The summed E-state index contributed by atoms with van der Waals surface area (Å²) in [7, 11) is 0. The molecule has 0 unspecified atom stereocenters. The zero-order chi connectivity index (χ0) is 43.3. The fraction of sp³-hybridized carbons (Fsp3) is 0.186. The highest BCUT2D eigenvalue weighted by Crippen LogP contribution is 2.59. The largest absolute Gasteiger partial charge is 0.456 e. The first-order valence-corrected chi connectivity index (χ1v) is 23.7. The maximum Gasteiger partial charge on any atom is 0.333 e. The third-order valence-electron chi connectivity index (χ3n) is 15.2. The van der Waals surface area contributed by atoms with Crippen molar-refractivity contribution in [1.82, 2.24) is 4.57 Å². The molecule has 5 heterocycles. The van der Waals surface area contributed by atoms with Crippen molar-refractivity contribution in [2.75, 3.05) is 4.81 Å². The van der Waals surface area contributed by atoms with E-state index < -0.39 is 0 Å². The molecule has 0 N–H and O–H groups in total. The van der Waals surface area contributed by atoms with E-state index in [0.717, 1.165) is 21.9 Å². The van der Waals surface area contributed by atoms with E-state index in [0.29, 0.717) is 0 Å². The van der Waals surface area contributed by atoms with E-state index in [2.05, 4.69) is 204 Å². The van der Waals surface area contributed by atoms with Crippen LogP contribution in [0.1, 0.15) is 77.6 Å². The van der Waals surface area contributed by atoms with E-state index in [1.54, 1.807) is 0 Å². The molecule has 2 aliphatic heterocycles. The summed E-state index contributed by atoms with van der Waals surface area (Å²) in [4.78, 5) is 2.70. The van der Waals surface area contributed by atoms with Gasteiger partial charge in [0.15, 0.2) is 0 Å². The Bertz CT molecular complexity index is 3900. The van der Waals surface area contributed by atoms with Gasteiger partial charge in [-0.15, -0.1) is 11.3 Å². The first kappa shape index (κ1) is 36.9. The van der Waals surface area contributed by atoms with Gasteiger partial charge in [-0.25, -0.2) is 0 Å². The number of anilines is 2. The van der Waals surface area contributed by atoms with E-state index in [1.807, 2.05) is 11.3 Å². The Balaban J connectivity index is 1.24. The van der Waals surface area contributed by atoms with Gasteiger partial charge in [0, 0.05) is 69.8 Å². The van der Waals surface area contributed by atoms with Crippen LogP contribution in [0.4, 0.5) is 11.4 Å². The van der Waals surface area contributed by atoms with Crippen LogP contribution in [0.25, 0.3) is 91.9 Å². The van der Waals surface area contributed by atoms with Crippen molar-refractivity contribution < 1.29 is 4.42 Å². The van der Waals surface area contributed by atoms with Gasteiger partial charge in [-0.3, -0.25) is 0 Å². The van der Waals surface area contributed by atoms with Crippen LogP contribution in [-0.4, -0.2) is 11.4 Å². The molecule has 3 nitrogen and oxygen atoms in total.